The summed E-state index contributed by atoms with van der Waals surface area (Å²) in [5.41, 5.74) is 1.88. The van der Waals surface area contributed by atoms with Gasteiger partial charge in [-0.1, -0.05) is 0 Å². The molecule has 0 saturated heterocycles. The van der Waals surface area contributed by atoms with Crippen LogP contribution in [-0.4, -0.2) is 17.0 Å². The van der Waals surface area contributed by atoms with Gasteiger partial charge in [0, 0.05) is 12.6 Å². The van der Waals surface area contributed by atoms with Gasteiger partial charge < -0.3 is 5.32 Å². The number of nitriles is 1. The lowest BCUT2D eigenvalue weighted by molar-refractivity contribution is 1.13. The van der Waals surface area contributed by atoms with Gasteiger partial charge in [-0.2, -0.15) is 5.26 Å². The van der Waals surface area contributed by atoms with Crippen molar-refractivity contribution in [1.82, 2.24) is 9.97 Å². The van der Waals surface area contributed by atoms with Crippen molar-refractivity contribution < 1.29 is 0 Å². The Morgan fingerprint density at radius 3 is 2.81 bits per heavy atom. The molecule has 2 aromatic heterocycles. The molecule has 4 nitrogen and oxygen atoms in total. The second-order valence-corrected chi connectivity index (χ2v) is 4.31. The highest BCUT2D eigenvalue weighted by atomic mass is 32.1. The Morgan fingerprint density at radius 1 is 1.38 bits per heavy atom. The minimum atomic E-state index is 0.694. The summed E-state index contributed by atoms with van der Waals surface area (Å²) in [7, 11) is 1.83. The minimum absolute atomic E-state index is 0.694. The lowest BCUT2D eigenvalue weighted by atomic mass is 10.2. The first-order valence-corrected chi connectivity index (χ1v) is 5.57. The predicted octanol–water partition coefficient (Wildman–Crippen LogP) is 2.43. The van der Waals surface area contributed by atoms with Gasteiger partial charge in [0.05, 0.1) is 10.6 Å². The number of rotatable bonds is 2. The first kappa shape index (κ1) is 10.6. The molecule has 0 atom stereocenters. The third kappa shape index (κ3) is 1.75. The summed E-state index contributed by atoms with van der Waals surface area (Å²) < 4.78 is 0. The molecule has 0 radical (unpaired) electrons. The molecule has 0 fully saturated rings. The zero-order valence-electron chi connectivity index (χ0n) is 8.98. The summed E-state index contributed by atoms with van der Waals surface area (Å²) >= 11 is 1.44. The Bertz CT molecular complexity index is 553. The molecular formula is C11H10N4S. The smallest absolute Gasteiger partial charge is 0.132 e. The van der Waals surface area contributed by atoms with E-state index in [1.807, 2.05) is 20.0 Å². The molecule has 0 bridgehead atoms. The van der Waals surface area contributed by atoms with Crippen molar-refractivity contribution in [3.05, 3.63) is 28.9 Å². The normalized spacial score (nSPS) is 9.81. The van der Waals surface area contributed by atoms with E-state index in [9.17, 15) is 0 Å². The topological polar surface area (TPSA) is 61.6 Å². The molecule has 0 aliphatic carbocycles. The molecule has 0 aromatic carbocycles. The quantitative estimate of drug-likeness (QED) is 0.860. The van der Waals surface area contributed by atoms with E-state index in [2.05, 4.69) is 21.4 Å². The highest BCUT2D eigenvalue weighted by Gasteiger charge is 2.10. The van der Waals surface area contributed by atoms with E-state index in [-0.39, 0.29) is 0 Å². The highest BCUT2D eigenvalue weighted by Crippen LogP contribution is 2.30. The average Bonchev–Trinajstić information content (AvgIpc) is 2.78. The first-order valence-electron chi connectivity index (χ1n) is 4.76. The van der Waals surface area contributed by atoms with E-state index in [0.29, 0.717) is 4.88 Å². The molecular weight excluding hydrogens is 220 g/mol. The van der Waals surface area contributed by atoms with Crippen molar-refractivity contribution in [2.45, 2.75) is 6.92 Å². The minimum Gasteiger partial charge on any atom is -0.373 e. The van der Waals surface area contributed by atoms with Gasteiger partial charge in [-0.3, -0.25) is 0 Å². The zero-order chi connectivity index (χ0) is 11.5. The van der Waals surface area contributed by atoms with Crippen molar-refractivity contribution in [3.63, 3.8) is 0 Å². The highest BCUT2D eigenvalue weighted by molar-refractivity contribution is 7.16. The number of anilines is 1. The van der Waals surface area contributed by atoms with Gasteiger partial charge in [0.15, 0.2) is 0 Å². The molecule has 2 aromatic rings. The summed E-state index contributed by atoms with van der Waals surface area (Å²) in [5.74, 6) is 0.817. The standard InChI is InChI=1S/C11H10N4S/c1-7-10(14-6-15-11(7)13-2)9-4-3-8(5-12)16-9/h3-4,6H,1-2H3,(H,13,14,15). The maximum Gasteiger partial charge on any atom is 0.132 e. The zero-order valence-corrected chi connectivity index (χ0v) is 9.80. The predicted molar refractivity (Wildman–Crippen MR) is 64.3 cm³/mol. The maximum absolute atomic E-state index is 8.78. The third-order valence-corrected chi connectivity index (χ3v) is 3.27. The van der Waals surface area contributed by atoms with Crippen molar-refractivity contribution in [3.8, 4) is 16.6 Å². The van der Waals surface area contributed by atoms with E-state index < -0.39 is 0 Å². The van der Waals surface area contributed by atoms with Gasteiger partial charge in [0.25, 0.3) is 0 Å². The fourth-order valence-electron chi connectivity index (χ4n) is 1.48. The van der Waals surface area contributed by atoms with Crippen molar-refractivity contribution in [2.75, 3.05) is 12.4 Å². The Hall–Kier alpha value is -1.93. The van der Waals surface area contributed by atoms with Crippen LogP contribution in [0.5, 0.6) is 0 Å². The second-order valence-electron chi connectivity index (χ2n) is 3.22. The van der Waals surface area contributed by atoms with Crippen LogP contribution in [0.3, 0.4) is 0 Å². The van der Waals surface area contributed by atoms with Gasteiger partial charge in [0.1, 0.15) is 23.1 Å². The molecule has 0 unspecified atom stereocenters. The van der Waals surface area contributed by atoms with E-state index in [1.54, 1.807) is 6.07 Å². The third-order valence-electron chi connectivity index (χ3n) is 2.27. The Kier molecular flexibility index (Phi) is 2.84. The molecule has 2 rings (SSSR count). The SMILES string of the molecule is CNc1ncnc(-c2ccc(C#N)s2)c1C. The molecule has 2 heterocycles. The summed E-state index contributed by atoms with van der Waals surface area (Å²) in [5, 5.41) is 11.8. The number of nitrogens with zero attached hydrogens (tertiary/aromatic N) is 3. The molecule has 0 spiro atoms. The number of nitrogens with one attached hydrogen (secondary N) is 1. The van der Waals surface area contributed by atoms with Gasteiger partial charge in [0.2, 0.25) is 0 Å². The Balaban J connectivity index is 2.52. The average molecular weight is 230 g/mol. The lowest BCUT2D eigenvalue weighted by Crippen LogP contribution is -1.98. The Labute approximate surface area is 97.6 Å². The van der Waals surface area contributed by atoms with Gasteiger partial charge in [-0.25, -0.2) is 9.97 Å². The lowest BCUT2D eigenvalue weighted by Gasteiger charge is -2.06. The van der Waals surface area contributed by atoms with E-state index in [1.165, 1.54) is 17.7 Å². The van der Waals surface area contributed by atoms with E-state index in [0.717, 1.165) is 22.0 Å². The molecule has 1 N–H and O–H groups in total. The molecule has 80 valence electrons. The molecule has 0 aliphatic heterocycles. The number of hydrogen-bond donors (Lipinski definition) is 1. The fraction of sp³-hybridized carbons (Fsp3) is 0.182. The second kappa shape index (κ2) is 4.29. The summed E-state index contributed by atoms with van der Waals surface area (Å²) in [6.45, 7) is 1.97. The number of hydrogen-bond acceptors (Lipinski definition) is 5. The molecule has 16 heavy (non-hydrogen) atoms. The molecule has 0 aliphatic rings. The van der Waals surface area contributed by atoms with Crippen molar-refractivity contribution in [1.29, 1.82) is 5.26 Å². The van der Waals surface area contributed by atoms with Crippen LogP contribution < -0.4 is 5.32 Å². The van der Waals surface area contributed by atoms with Crippen LogP contribution >= 0.6 is 11.3 Å². The summed E-state index contributed by atoms with van der Waals surface area (Å²) in [6.07, 6.45) is 1.53. The largest absolute Gasteiger partial charge is 0.373 e. The van der Waals surface area contributed by atoms with Gasteiger partial charge in [-0.05, 0) is 19.1 Å². The molecule has 0 saturated carbocycles. The van der Waals surface area contributed by atoms with E-state index >= 15 is 0 Å². The van der Waals surface area contributed by atoms with Crippen LogP contribution in [0.15, 0.2) is 18.5 Å². The Morgan fingerprint density at radius 2 is 2.19 bits per heavy atom. The summed E-state index contributed by atoms with van der Waals surface area (Å²) in [4.78, 5) is 10.1. The van der Waals surface area contributed by atoms with Crippen LogP contribution in [0.4, 0.5) is 5.82 Å². The van der Waals surface area contributed by atoms with Crippen LogP contribution in [0, 0.1) is 18.3 Å². The van der Waals surface area contributed by atoms with Gasteiger partial charge >= 0.3 is 0 Å². The fourth-order valence-corrected chi connectivity index (χ4v) is 2.33. The van der Waals surface area contributed by atoms with Gasteiger partial charge in [-0.15, -0.1) is 11.3 Å². The van der Waals surface area contributed by atoms with Crippen LogP contribution in [0.2, 0.25) is 0 Å². The van der Waals surface area contributed by atoms with Crippen LogP contribution in [-0.2, 0) is 0 Å². The monoisotopic (exact) mass is 230 g/mol. The van der Waals surface area contributed by atoms with Crippen molar-refractivity contribution in [2.24, 2.45) is 0 Å². The summed E-state index contributed by atoms with van der Waals surface area (Å²) in [6, 6.07) is 5.85. The number of thiophene rings is 1. The van der Waals surface area contributed by atoms with Crippen molar-refractivity contribution >= 4 is 17.2 Å². The maximum atomic E-state index is 8.78. The molecule has 0 amide bonds. The van der Waals surface area contributed by atoms with Crippen LogP contribution in [0.25, 0.3) is 10.6 Å². The molecule has 5 heteroatoms. The number of aromatic nitrogens is 2. The van der Waals surface area contributed by atoms with E-state index in [4.69, 9.17) is 5.26 Å². The first-order chi connectivity index (χ1) is 7.76. The van der Waals surface area contributed by atoms with Crippen LogP contribution in [0.1, 0.15) is 10.4 Å².